The maximum atomic E-state index is 13.3. The Balaban J connectivity index is 0.00000240. The van der Waals surface area contributed by atoms with Crippen LogP contribution in [0.2, 0.25) is 0 Å². The van der Waals surface area contributed by atoms with Gasteiger partial charge in [-0.2, -0.15) is 0 Å². The van der Waals surface area contributed by atoms with Crippen molar-refractivity contribution in [3.8, 4) is 0 Å². The van der Waals surface area contributed by atoms with Gasteiger partial charge in [-0.1, -0.05) is 35.1 Å². The Hall–Kier alpha value is -2.70. The number of benzene rings is 2. The Morgan fingerprint density at radius 2 is 1.86 bits per heavy atom. The van der Waals surface area contributed by atoms with Crippen LogP contribution in [0, 0.1) is 13.8 Å². The van der Waals surface area contributed by atoms with E-state index in [0.717, 1.165) is 33.9 Å². The Bertz CT molecular complexity index is 1090. The molecule has 4 rings (SSSR count). The van der Waals surface area contributed by atoms with Crippen molar-refractivity contribution in [3.05, 3.63) is 77.9 Å². The van der Waals surface area contributed by atoms with Crippen molar-refractivity contribution in [1.29, 1.82) is 0 Å². The fourth-order valence-electron chi connectivity index (χ4n) is 3.10. The SMILES string of the molecule is Cc1ccc(C(=O)N(CCCn2ccnc2)c2nc3ccc(C)cc3s2)cc1.Cl. The number of hydrogen-bond acceptors (Lipinski definition) is 4. The van der Waals surface area contributed by atoms with Crippen LogP contribution >= 0.6 is 23.7 Å². The zero-order valence-electron chi connectivity index (χ0n) is 16.4. The van der Waals surface area contributed by atoms with E-state index in [2.05, 4.69) is 24.0 Å². The number of hydrogen-bond donors (Lipinski definition) is 0. The van der Waals surface area contributed by atoms with E-state index in [1.807, 2.05) is 52.9 Å². The summed E-state index contributed by atoms with van der Waals surface area (Å²) in [6.07, 6.45) is 6.33. The summed E-state index contributed by atoms with van der Waals surface area (Å²) in [4.78, 5) is 23.9. The fourth-order valence-corrected chi connectivity index (χ4v) is 4.19. The van der Waals surface area contributed by atoms with E-state index in [1.54, 1.807) is 23.9 Å². The molecule has 150 valence electrons. The summed E-state index contributed by atoms with van der Waals surface area (Å²) < 4.78 is 3.13. The summed E-state index contributed by atoms with van der Waals surface area (Å²) in [5.74, 6) is -0.0126. The molecule has 0 bridgehead atoms. The summed E-state index contributed by atoms with van der Waals surface area (Å²) >= 11 is 1.57. The smallest absolute Gasteiger partial charge is 0.260 e. The van der Waals surface area contributed by atoms with Crippen molar-refractivity contribution >= 4 is 45.0 Å². The number of nitrogens with zero attached hydrogens (tertiary/aromatic N) is 4. The monoisotopic (exact) mass is 426 g/mol. The first-order valence-electron chi connectivity index (χ1n) is 9.31. The van der Waals surface area contributed by atoms with Gasteiger partial charge in [0.05, 0.1) is 16.5 Å². The van der Waals surface area contributed by atoms with Crippen LogP contribution in [0.3, 0.4) is 0 Å². The van der Waals surface area contributed by atoms with E-state index in [4.69, 9.17) is 4.98 Å². The second-order valence-corrected chi connectivity index (χ2v) is 7.95. The van der Waals surface area contributed by atoms with E-state index in [-0.39, 0.29) is 18.3 Å². The predicted octanol–water partition coefficient (Wildman–Crippen LogP) is 5.27. The van der Waals surface area contributed by atoms with Gasteiger partial charge in [0.2, 0.25) is 0 Å². The van der Waals surface area contributed by atoms with Gasteiger partial charge in [0.15, 0.2) is 5.13 Å². The Kier molecular flexibility index (Phi) is 6.67. The molecule has 0 aliphatic heterocycles. The second kappa shape index (κ2) is 9.20. The topological polar surface area (TPSA) is 51.0 Å². The highest BCUT2D eigenvalue weighted by Gasteiger charge is 2.21. The quantitative estimate of drug-likeness (QED) is 0.422. The van der Waals surface area contributed by atoms with Crippen molar-refractivity contribution in [2.45, 2.75) is 26.8 Å². The number of halogens is 1. The minimum atomic E-state index is -0.0126. The van der Waals surface area contributed by atoms with Crippen molar-refractivity contribution in [2.24, 2.45) is 0 Å². The minimum absolute atomic E-state index is 0. The molecular weight excluding hydrogens is 404 g/mol. The molecule has 4 aromatic rings. The standard InChI is InChI=1S/C22H22N4OS.ClH/c1-16-4-7-18(8-5-16)21(27)26(12-3-11-25-13-10-23-15-25)22-24-19-9-6-17(2)14-20(19)28-22;/h4-10,13-15H,3,11-12H2,1-2H3;1H. The summed E-state index contributed by atoms with van der Waals surface area (Å²) in [6, 6.07) is 13.9. The molecule has 2 aromatic carbocycles. The van der Waals surface area contributed by atoms with Gasteiger partial charge in [0, 0.05) is 31.0 Å². The van der Waals surface area contributed by atoms with Crippen molar-refractivity contribution in [1.82, 2.24) is 14.5 Å². The van der Waals surface area contributed by atoms with Crippen LogP contribution in [-0.4, -0.2) is 27.0 Å². The van der Waals surface area contributed by atoms with Gasteiger partial charge in [-0.25, -0.2) is 9.97 Å². The van der Waals surface area contributed by atoms with Crippen LogP contribution < -0.4 is 4.90 Å². The molecule has 5 nitrogen and oxygen atoms in total. The Morgan fingerprint density at radius 3 is 2.59 bits per heavy atom. The molecule has 29 heavy (non-hydrogen) atoms. The molecule has 0 aliphatic rings. The van der Waals surface area contributed by atoms with Gasteiger partial charge >= 0.3 is 0 Å². The number of anilines is 1. The maximum absolute atomic E-state index is 13.3. The van der Waals surface area contributed by atoms with Gasteiger partial charge < -0.3 is 4.57 Å². The number of fused-ring (bicyclic) bond motifs is 1. The first-order valence-corrected chi connectivity index (χ1v) is 10.1. The number of aromatic nitrogens is 3. The van der Waals surface area contributed by atoms with Gasteiger partial charge in [0.1, 0.15) is 0 Å². The number of rotatable bonds is 6. The van der Waals surface area contributed by atoms with Crippen molar-refractivity contribution < 1.29 is 4.79 Å². The van der Waals surface area contributed by atoms with Gasteiger partial charge in [0.25, 0.3) is 5.91 Å². The Labute approximate surface area is 180 Å². The lowest BCUT2D eigenvalue weighted by atomic mass is 10.1. The maximum Gasteiger partial charge on any atom is 0.260 e. The Morgan fingerprint density at radius 1 is 1.10 bits per heavy atom. The lowest BCUT2D eigenvalue weighted by Crippen LogP contribution is -2.32. The third kappa shape index (κ3) is 4.83. The molecule has 0 saturated carbocycles. The predicted molar refractivity (Wildman–Crippen MR) is 121 cm³/mol. The highest BCUT2D eigenvalue weighted by molar-refractivity contribution is 7.22. The second-order valence-electron chi connectivity index (χ2n) is 6.94. The molecule has 0 aliphatic carbocycles. The molecule has 0 fully saturated rings. The molecule has 0 N–H and O–H groups in total. The summed E-state index contributed by atoms with van der Waals surface area (Å²) in [5.41, 5.74) is 3.95. The molecule has 7 heteroatoms. The molecule has 0 radical (unpaired) electrons. The molecule has 0 saturated heterocycles. The van der Waals surface area contributed by atoms with Crippen LogP contribution in [0.5, 0.6) is 0 Å². The van der Waals surface area contributed by atoms with Crippen LogP contribution in [0.1, 0.15) is 27.9 Å². The zero-order valence-corrected chi connectivity index (χ0v) is 18.0. The normalized spacial score (nSPS) is 10.7. The lowest BCUT2D eigenvalue weighted by molar-refractivity contribution is 0.0986. The number of aryl methyl sites for hydroxylation is 3. The fraction of sp³-hybridized carbons (Fsp3) is 0.227. The number of thiazole rings is 1. The number of carbonyl (C=O) groups is 1. The van der Waals surface area contributed by atoms with E-state index < -0.39 is 0 Å². The van der Waals surface area contributed by atoms with E-state index in [1.165, 1.54) is 5.56 Å². The van der Waals surface area contributed by atoms with Gasteiger partial charge in [-0.05, 0) is 50.1 Å². The van der Waals surface area contributed by atoms with Crippen LogP contribution in [-0.2, 0) is 6.54 Å². The average molecular weight is 427 g/mol. The number of amides is 1. The largest absolute Gasteiger partial charge is 0.337 e. The third-order valence-electron chi connectivity index (χ3n) is 4.66. The van der Waals surface area contributed by atoms with E-state index in [9.17, 15) is 4.79 Å². The molecule has 1 amide bonds. The number of carbonyl (C=O) groups excluding carboxylic acids is 1. The molecule has 0 spiro atoms. The first kappa shape index (κ1) is 21.0. The summed E-state index contributed by atoms with van der Waals surface area (Å²) in [7, 11) is 0. The van der Waals surface area contributed by atoms with Crippen LogP contribution in [0.25, 0.3) is 10.2 Å². The van der Waals surface area contributed by atoms with Crippen LogP contribution in [0.15, 0.2) is 61.2 Å². The molecule has 0 atom stereocenters. The highest BCUT2D eigenvalue weighted by Crippen LogP contribution is 2.30. The van der Waals surface area contributed by atoms with E-state index >= 15 is 0 Å². The summed E-state index contributed by atoms with van der Waals surface area (Å²) in [6.45, 7) is 5.50. The zero-order chi connectivity index (χ0) is 19.5. The van der Waals surface area contributed by atoms with Gasteiger partial charge in [-0.15, -0.1) is 12.4 Å². The highest BCUT2D eigenvalue weighted by atomic mass is 35.5. The third-order valence-corrected chi connectivity index (χ3v) is 5.71. The van der Waals surface area contributed by atoms with E-state index in [0.29, 0.717) is 12.1 Å². The van der Waals surface area contributed by atoms with Crippen LogP contribution in [0.4, 0.5) is 5.13 Å². The molecule has 2 aromatic heterocycles. The lowest BCUT2D eigenvalue weighted by Gasteiger charge is -2.20. The minimum Gasteiger partial charge on any atom is -0.337 e. The molecule has 2 heterocycles. The van der Waals surface area contributed by atoms with Gasteiger partial charge in [-0.3, -0.25) is 9.69 Å². The molecular formula is C22H23ClN4OS. The average Bonchev–Trinajstić information content (AvgIpc) is 3.34. The molecule has 0 unspecified atom stereocenters. The summed E-state index contributed by atoms with van der Waals surface area (Å²) in [5, 5.41) is 0.747. The van der Waals surface area contributed by atoms with Crippen molar-refractivity contribution in [2.75, 3.05) is 11.4 Å². The van der Waals surface area contributed by atoms with Crippen molar-refractivity contribution in [3.63, 3.8) is 0 Å². The number of imidazole rings is 1. The first-order chi connectivity index (χ1) is 13.6.